The van der Waals surface area contributed by atoms with Crippen LogP contribution in [0.3, 0.4) is 0 Å². The van der Waals surface area contributed by atoms with Crippen LogP contribution in [-0.4, -0.2) is 42.8 Å². The molecule has 0 aliphatic carbocycles. The van der Waals surface area contributed by atoms with E-state index in [0.717, 1.165) is 13.1 Å². The first-order valence-electron chi connectivity index (χ1n) is 9.93. The van der Waals surface area contributed by atoms with Crippen molar-refractivity contribution in [3.63, 3.8) is 0 Å². The number of nitrogens with zero attached hydrogens (tertiary/aromatic N) is 2. The van der Waals surface area contributed by atoms with Crippen molar-refractivity contribution in [3.05, 3.63) is 101 Å². The summed E-state index contributed by atoms with van der Waals surface area (Å²) in [5.74, 6) is -0.193. The van der Waals surface area contributed by atoms with Gasteiger partial charge in [0.15, 0.2) is 5.78 Å². The lowest BCUT2D eigenvalue weighted by Gasteiger charge is -2.36. The lowest BCUT2D eigenvalue weighted by atomic mass is 9.97. The number of carbonyl (C=O) groups is 2. The normalized spacial score (nSPS) is 14.0. The van der Waals surface area contributed by atoms with Gasteiger partial charge in [-0.15, -0.1) is 0 Å². The highest BCUT2D eigenvalue weighted by Gasteiger charge is 2.25. The average Bonchev–Trinajstić information content (AvgIpc) is 2.79. The lowest BCUT2D eigenvalue weighted by molar-refractivity contribution is 0.0742. The predicted molar refractivity (Wildman–Crippen MR) is 116 cm³/mol. The third-order valence-electron chi connectivity index (χ3n) is 5.37. The molecule has 0 bridgehead atoms. The van der Waals surface area contributed by atoms with Crippen LogP contribution in [0.1, 0.15) is 31.8 Å². The maximum Gasteiger partial charge on any atom is 0.254 e. The Morgan fingerprint density at radius 1 is 0.724 bits per heavy atom. The summed E-state index contributed by atoms with van der Waals surface area (Å²) in [6.45, 7) is 4.93. The Morgan fingerprint density at radius 3 is 2.07 bits per heavy atom. The Bertz CT molecular complexity index is 1020. The van der Waals surface area contributed by atoms with Gasteiger partial charge in [-0.2, -0.15) is 0 Å². The van der Waals surface area contributed by atoms with Gasteiger partial charge < -0.3 is 9.80 Å². The second kappa shape index (κ2) is 8.31. The van der Waals surface area contributed by atoms with Gasteiger partial charge in [-0.1, -0.05) is 60.7 Å². The van der Waals surface area contributed by atoms with Crippen LogP contribution in [-0.2, 0) is 0 Å². The average molecular weight is 384 g/mol. The summed E-state index contributed by atoms with van der Waals surface area (Å²) in [6.07, 6.45) is 0. The molecule has 1 amide bonds. The molecule has 146 valence electrons. The summed E-state index contributed by atoms with van der Waals surface area (Å²) in [7, 11) is 0. The molecule has 4 heteroatoms. The van der Waals surface area contributed by atoms with Gasteiger partial charge in [0.25, 0.3) is 5.91 Å². The Kier molecular flexibility index (Phi) is 5.43. The lowest BCUT2D eigenvalue weighted by Crippen LogP contribution is -2.49. The molecular weight excluding hydrogens is 360 g/mol. The topological polar surface area (TPSA) is 40.6 Å². The predicted octanol–water partition coefficient (Wildman–Crippen LogP) is 4.19. The second-order valence-electron chi connectivity index (χ2n) is 7.36. The molecule has 0 unspecified atom stereocenters. The summed E-state index contributed by atoms with van der Waals surface area (Å²) in [5.41, 5.74) is 3.96. The number of piperazine rings is 1. The number of hydrogen-bond acceptors (Lipinski definition) is 3. The van der Waals surface area contributed by atoms with Gasteiger partial charge in [0.05, 0.1) is 5.56 Å². The molecule has 4 rings (SSSR count). The molecular formula is C25H24N2O2. The minimum atomic E-state index is -0.118. The largest absolute Gasteiger partial charge is 0.368 e. The summed E-state index contributed by atoms with van der Waals surface area (Å²) in [4.78, 5) is 30.3. The van der Waals surface area contributed by atoms with E-state index in [-0.39, 0.29) is 11.7 Å². The highest BCUT2D eigenvalue weighted by molar-refractivity contribution is 6.15. The molecule has 1 fully saturated rings. The Morgan fingerprint density at radius 2 is 1.38 bits per heavy atom. The van der Waals surface area contributed by atoms with Crippen molar-refractivity contribution >= 4 is 17.4 Å². The van der Waals surface area contributed by atoms with Crippen LogP contribution in [0, 0.1) is 6.92 Å². The van der Waals surface area contributed by atoms with Gasteiger partial charge in [-0.25, -0.2) is 0 Å². The Balaban J connectivity index is 1.50. The molecule has 1 heterocycles. The van der Waals surface area contributed by atoms with Crippen molar-refractivity contribution in [2.75, 3.05) is 31.1 Å². The van der Waals surface area contributed by atoms with Gasteiger partial charge in [0, 0.05) is 43.0 Å². The number of benzene rings is 3. The fourth-order valence-electron chi connectivity index (χ4n) is 3.78. The molecule has 3 aromatic carbocycles. The van der Waals surface area contributed by atoms with Crippen molar-refractivity contribution in [2.45, 2.75) is 6.92 Å². The molecule has 0 atom stereocenters. The molecule has 4 nitrogen and oxygen atoms in total. The van der Waals surface area contributed by atoms with Crippen LogP contribution in [0.5, 0.6) is 0 Å². The minimum absolute atomic E-state index is 0.0752. The zero-order valence-corrected chi connectivity index (χ0v) is 16.5. The molecule has 0 N–H and O–H groups in total. The monoisotopic (exact) mass is 384 g/mol. The Labute approximate surface area is 171 Å². The van der Waals surface area contributed by atoms with Crippen molar-refractivity contribution in [3.8, 4) is 0 Å². The smallest absolute Gasteiger partial charge is 0.254 e. The molecule has 1 aliphatic rings. The van der Waals surface area contributed by atoms with Gasteiger partial charge in [0.1, 0.15) is 0 Å². The first-order valence-corrected chi connectivity index (χ1v) is 9.93. The van der Waals surface area contributed by atoms with Crippen LogP contribution in [0.25, 0.3) is 0 Å². The van der Waals surface area contributed by atoms with E-state index in [2.05, 4.69) is 36.1 Å². The zero-order chi connectivity index (χ0) is 20.2. The van der Waals surface area contributed by atoms with Crippen molar-refractivity contribution in [1.29, 1.82) is 0 Å². The maximum atomic E-state index is 13.2. The summed E-state index contributed by atoms with van der Waals surface area (Å²) >= 11 is 0. The number of amides is 1. The van der Waals surface area contributed by atoms with Crippen LogP contribution < -0.4 is 4.90 Å². The van der Waals surface area contributed by atoms with Crippen molar-refractivity contribution in [2.24, 2.45) is 0 Å². The van der Waals surface area contributed by atoms with E-state index in [1.54, 1.807) is 24.3 Å². The first-order chi connectivity index (χ1) is 14.1. The number of rotatable bonds is 4. The van der Waals surface area contributed by atoms with Crippen LogP contribution in [0.4, 0.5) is 5.69 Å². The summed E-state index contributed by atoms with van der Waals surface area (Å²) in [5, 5.41) is 0. The highest BCUT2D eigenvalue weighted by Crippen LogP contribution is 2.21. The highest BCUT2D eigenvalue weighted by atomic mass is 16.2. The van der Waals surface area contributed by atoms with Gasteiger partial charge in [-0.05, 0) is 30.7 Å². The Hall–Kier alpha value is -3.40. The van der Waals surface area contributed by atoms with Crippen LogP contribution in [0.15, 0.2) is 78.9 Å². The van der Waals surface area contributed by atoms with Gasteiger partial charge >= 0.3 is 0 Å². The fraction of sp³-hybridized carbons (Fsp3) is 0.200. The zero-order valence-electron chi connectivity index (χ0n) is 16.5. The molecule has 0 aromatic heterocycles. The van der Waals surface area contributed by atoms with E-state index in [0.29, 0.717) is 29.8 Å². The van der Waals surface area contributed by atoms with E-state index < -0.39 is 0 Å². The molecule has 3 aromatic rings. The fourth-order valence-corrected chi connectivity index (χ4v) is 3.78. The van der Waals surface area contributed by atoms with Crippen molar-refractivity contribution in [1.82, 2.24) is 4.90 Å². The molecule has 29 heavy (non-hydrogen) atoms. The number of carbonyl (C=O) groups excluding carboxylic acids is 2. The van der Waals surface area contributed by atoms with Crippen LogP contribution >= 0.6 is 0 Å². The van der Waals surface area contributed by atoms with E-state index >= 15 is 0 Å². The number of ketones is 1. The van der Waals surface area contributed by atoms with E-state index in [1.807, 2.05) is 35.2 Å². The number of aryl methyl sites for hydroxylation is 1. The summed E-state index contributed by atoms with van der Waals surface area (Å²) < 4.78 is 0. The van der Waals surface area contributed by atoms with E-state index in [9.17, 15) is 9.59 Å². The summed E-state index contributed by atoms with van der Waals surface area (Å²) in [6, 6.07) is 24.7. The quantitative estimate of drug-likeness (QED) is 0.634. The van der Waals surface area contributed by atoms with Gasteiger partial charge in [-0.3, -0.25) is 9.59 Å². The molecule has 0 spiro atoms. The van der Waals surface area contributed by atoms with E-state index in [4.69, 9.17) is 0 Å². The van der Waals surface area contributed by atoms with Crippen LogP contribution in [0.2, 0.25) is 0 Å². The first kappa shape index (κ1) is 18.9. The van der Waals surface area contributed by atoms with Gasteiger partial charge in [0.2, 0.25) is 0 Å². The standard InChI is InChI=1S/C25H24N2O2/c1-19-8-7-11-21(18-19)26-14-16-27(17-15-26)25(29)23-13-6-5-12-22(23)24(28)20-9-3-2-4-10-20/h2-13,18H,14-17H2,1H3. The van der Waals surface area contributed by atoms with E-state index in [1.165, 1.54) is 11.3 Å². The SMILES string of the molecule is Cc1cccc(N2CCN(C(=O)c3ccccc3C(=O)c3ccccc3)CC2)c1. The van der Waals surface area contributed by atoms with Crippen molar-refractivity contribution < 1.29 is 9.59 Å². The molecule has 0 radical (unpaired) electrons. The number of hydrogen-bond donors (Lipinski definition) is 0. The molecule has 1 aliphatic heterocycles. The third-order valence-corrected chi connectivity index (χ3v) is 5.37. The maximum absolute atomic E-state index is 13.2. The third kappa shape index (κ3) is 4.06. The second-order valence-corrected chi connectivity index (χ2v) is 7.36. The minimum Gasteiger partial charge on any atom is -0.368 e. The molecule has 0 saturated carbocycles. The molecule has 1 saturated heterocycles. The number of anilines is 1.